The molecule has 1 N–H and O–H groups in total. The molecule has 4 heteroatoms. The number of amides is 1. The summed E-state index contributed by atoms with van der Waals surface area (Å²) in [7, 11) is 1.73. The molecule has 2 aliphatic carbocycles. The Morgan fingerprint density at radius 3 is 2.41 bits per heavy atom. The van der Waals surface area contributed by atoms with E-state index >= 15 is 0 Å². The van der Waals surface area contributed by atoms with Crippen molar-refractivity contribution >= 4 is 18.5 Å². The maximum absolute atomic E-state index is 11.8. The van der Waals surface area contributed by atoms with E-state index in [1.165, 1.54) is 25.7 Å². The zero-order valence-corrected chi connectivity index (χ0v) is 11.5. The molecule has 0 spiro atoms. The van der Waals surface area contributed by atoms with Crippen molar-refractivity contribution in [2.45, 2.75) is 38.5 Å². The fourth-order valence-corrected chi connectivity index (χ4v) is 2.70. The fraction of sp³-hybridized carbons (Fsp3) is 0.923. The van der Waals surface area contributed by atoms with Crippen LogP contribution in [0.3, 0.4) is 0 Å². The quantitative estimate of drug-likeness (QED) is 0.653. The lowest BCUT2D eigenvalue weighted by atomic mass is 10.0. The van der Waals surface area contributed by atoms with Crippen LogP contribution < -0.4 is 5.32 Å². The molecule has 0 unspecified atom stereocenters. The van der Waals surface area contributed by atoms with Crippen LogP contribution in [-0.2, 0) is 9.53 Å². The predicted octanol–water partition coefficient (Wildman–Crippen LogP) is 2.02. The van der Waals surface area contributed by atoms with Gasteiger partial charge >= 0.3 is 0 Å². The number of carbonyl (C=O) groups excluding carboxylic acids is 1. The minimum absolute atomic E-state index is 0.209. The van der Waals surface area contributed by atoms with Crippen LogP contribution in [0.15, 0.2) is 0 Å². The Kier molecular flexibility index (Phi) is 4.03. The Morgan fingerprint density at radius 2 is 1.94 bits per heavy atom. The molecular weight excluding hydrogens is 234 g/mol. The molecule has 2 saturated carbocycles. The zero-order chi connectivity index (χ0) is 12.4. The van der Waals surface area contributed by atoms with E-state index in [2.05, 4.69) is 17.9 Å². The first-order valence-corrected chi connectivity index (χ1v) is 7.14. The number of rotatable bonds is 8. The Morgan fingerprint density at radius 1 is 1.29 bits per heavy atom. The molecule has 0 aromatic carbocycles. The molecule has 17 heavy (non-hydrogen) atoms. The Labute approximate surface area is 109 Å². The summed E-state index contributed by atoms with van der Waals surface area (Å²) in [6.45, 7) is 1.63. The highest BCUT2D eigenvalue weighted by atomic mass is 32.1. The highest BCUT2D eigenvalue weighted by Gasteiger charge is 2.45. The van der Waals surface area contributed by atoms with Crippen molar-refractivity contribution in [2.75, 3.05) is 26.0 Å². The van der Waals surface area contributed by atoms with E-state index in [1.807, 2.05) is 0 Å². The molecule has 1 amide bonds. The molecule has 0 bridgehead atoms. The second-order valence-electron chi connectivity index (χ2n) is 5.85. The van der Waals surface area contributed by atoms with Gasteiger partial charge in [0, 0.05) is 26.7 Å². The first-order valence-electron chi connectivity index (χ1n) is 6.50. The molecule has 2 rings (SSSR count). The number of ether oxygens (including phenoxy) is 1. The van der Waals surface area contributed by atoms with Crippen molar-refractivity contribution in [3.8, 4) is 0 Å². The monoisotopic (exact) mass is 257 g/mol. The fourth-order valence-electron chi connectivity index (χ4n) is 2.27. The summed E-state index contributed by atoms with van der Waals surface area (Å²) in [6, 6.07) is 0. The molecule has 0 aromatic rings. The molecule has 2 aliphatic rings. The highest BCUT2D eigenvalue weighted by molar-refractivity contribution is 7.80. The number of thiol groups is 1. The zero-order valence-electron chi connectivity index (χ0n) is 10.6. The van der Waals surface area contributed by atoms with Gasteiger partial charge in [0.25, 0.3) is 0 Å². The van der Waals surface area contributed by atoms with Crippen LogP contribution in [0.4, 0.5) is 0 Å². The Balaban J connectivity index is 1.66. The molecule has 0 radical (unpaired) electrons. The maximum Gasteiger partial charge on any atom is 0.220 e. The average Bonchev–Trinajstić information content (AvgIpc) is 3.22. The lowest BCUT2D eigenvalue weighted by molar-refractivity contribution is -0.122. The van der Waals surface area contributed by atoms with Crippen molar-refractivity contribution in [3.05, 3.63) is 0 Å². The summed E-state index contributed by atoms with van der Waals surface area (Å²) in [4.78, 5) is 11.8. The van der Waals surface area contributed by atoms with Gasteiger partial charge in [-0.3, -0.25) is 4.79 Å². The molecule has 0 atom stereocenters. The van der Waals surface area contributed by atoms with E-state index in [4.69, 9.17) is 4.74 Å². The minimum Gasteiger partial charge on any atom is -0.385 e. The van der Waals surface area contributed by atoms with Gasteiger partial charge in [0.1, 0.15) is 0 Å². The van der Waals surface area contributed by atoms with E-state index in [0.717, 1.165) is 25.3 Å². The molecule has 2 fully saturated rings. The molecule has 0 saturated heterocycles. The SMILES string of the molecule is COCCC1(CNC(=O)CC2(CS)CC2)CC1. The third-order valence-electron chi connectivity index (χ3n) is 4.28. The molecular formula is C13H23NO2S. The first kappa shape index (κ1) is 13.2. The van der Waals surface area contributed by atoms with Crippen molar-refractivity contribution in [1.82, 2.24) is 5.32 Å². The molecule has 0 aliphatic heterocycles. The van der Waals surface area contributed by atoms with Gasteiger partial charge in [0.2, 0.25) is 5.91 Å². The van der Waals surface area contributed by atoms with Crippen LogP contribution in [0.2, 0.25) is 0 Å². The summed E-state index contributed by atoms with van der Waals surface area (Å²) in [5.74, 6) is 1.05. The van der Waals surface area contributed by atoms with Crippen LogP contribution in [0, 0.1) is 10.8 Å². The normalized spacial score (nSPS) is 23.2. The summed E-state index contributed by atoms with van der Waals surface area (Å²) in [5.41, 5.74) is 0.583. The summed E-state index contributed by atoms with van der Waals surface area (Å²) >= 11 is 4.33. The van der Waals surface area contributed by atoms with Gasteiger partial charge in [-0.25, -0.2) is 0 Å². The van der Waals surface area contributed by atoms with Gasteiger partial charge in [-0.2, -0.15) is 12.6 Å². The minimum atomic E-state index is 0.209. The van der Waals surface area contributed by atoms with E-state index in [-0.39, 0.29) is 11.3 Å². The largest absolute Gasteiger partial charge is 0.385 e. The Bertz CT molecular complexity index is 285. The first-order chi connectivity index (χ1) is 8.14. The van der Waals surface area contributed by atoms with Gasteiger partial charge in [0.05, 0.1) is 0 Å². The molecule has 0 heterocycles. The van der Waals surface area contributed by atoms with E-state index < -0.39 is 0 Å². The van der Waals surface area contributed by atoms with Crippen molar-refractivity contribution in [1.29, 1.82) is 0 Å². The van der Waals surface area contributed by atoms with Gasteiger partial charge in [-0.05, 0) is 48.7 Å². The maximum atomic E-state index is 11.8. The number of hydrogen-bond donors (Lipinski definition) is 2. The second kappa shape index (κ2) is 5.19. The van der Waals surface area contributed by atoms with E-state index in [9.17, 15) is 4.79 Å². The summed E-state index contributed by atoms with van der Waals surface area (Å²) in [5, 5.41) is 3.10. The topological polar surface area (TPSA) is 38.3 Å². The number of carbonyl (C=O) groups is 1. The highest BCUT2D eigenvalue weighted by Crippen LogP contribution is 2.50. The summed E-state index contributed by atoms with van der Waals surface area (Å²) < 4.78 is 5.11. The lowest BCUT2D eigenvalue weighted by Crippen LogP contribution is -2.32. The van der Waals surface area contributed by atoms with Gasteiger partial charge < -0.3 is 10.1 Å². The molecule has 3 nitrogen and oxygen atoms in total. The lowest BCUT2D eigenvalue weighted by Gasteiger charge is -2.17. The smallest absolute Gasteiger partial charge is 0.220 e. The van der Waals surface area contributed by atoms with E-state index in [1.54, 1.807) is 7.11 Å². The summed E-state index contributed by atoms with van der Waals surface area (Å²) in [6.07, 6.45) is 6.53. The van der Waals surface area contributed by atoms with Crippen LogP contribution in [0.25, 0.3) is 0 Å². The van der Waals surface area contributed by atoms with Crippen molar-refractivity contribution in [2.24, 2.45) is 10.8 Å². The standard InChI is InChI=1S/C13H23NO2S/c1-16-7-6-12(2-3-12)9-14-11(15)8-13(10-17)4-5-13/h17H,2-10H2,1H3,(H,14,15). The third kappa shape index (κ3) is 3.62. The number of hydrogen-bond acceptors (Lipinski definition) is 3. The van der Waals surface area contributed by atoms with Crippen molar-refractivity contribution < 1.29 is 9.53 Å². The van der Waals surface area contributed by atoms with Gasteiger partial charge in [0.15, 0.2) is 0 Å². The second-order valence-corrected chi connectivity index (χ2v) is 6.17. The van der Waals surface area contributed by atoms with Crippen LogP contribution in [-0.4, -0.2) is 31.9 Å². The average molecular weight is 257 g/mol. The van der Waals surface area contributed by atoms with Crippen LogP contribution >= 0.6 is 12.6 Å². The van der Waals surface area contributed by atoms with Crippen LogP contribution in [0.1, 0.15) is 38.5 Å². The third-order valence-corrected chi connectivity index (χ3v) is 4.95. The van der Waals surface area contributed by atoms with Gasteiger partial charge in [-0.1, -0.05) is 0 Å². The molecule has 0 aromatic heterocycles. The van der Waals surface area contributed by atoms with E-state index in [0.29, 0.717) is 11.8 Å². The number of nitrogens with one attached hydrogen (secondary N) is 1. The predicted molar refractivity (Wildman–Crippen MR) is 71.3 cm³/mol. The molecule has 98 valence electrons. The van der Waals surface area contributed by atoms with Crippen LogP contribution in [0.5, 0.6) is 0 Å². The van der Waals surface area contributed by atoms with Crippen molar-refractivity contribution in [3.63, 3.8) is 0 Å². The Hall–Kier alpha value is -0.220. The van der Waals surface area contributed by atoms with Gasteiger partial charge in [-0.15, -0.1) is 0 Å². The number of methoxy groups -OCH3 is 1.